The third-order valence-corrected chi connectivity index (χ3v) is 3.17. The van der Waals surface area contributed by atoms with Crippen LogP contribution in [0.1, 0.15) is 30.0 Å². The summed E-state index contributed by atoms with van der Waals surface area (Å²) < 4.78 is 0. The molecule has 0 heterocycles. The molecule has 0 radical (unpaired) electrons. The van der Waals surface area contributed by atoms with Crippen LogP contribution >= 0.6 is 0 Å². The minimum Gasteiger partial charge on any atom is -0.409 e. The molecule has 5 nitrogen and oxygen atoms in total. The summed E-state index contributed by atoms with van der Waals surface area (Å²) in [6, 6.07) is 6.08. The van der Waals surface area contributed by atoms with Gasteiger partial charge in [0.25, 0.3) is 0 Å². The van der Waals surface area contributed by atoms with Gasteiger partial charge in [-0.1, -0.05) is 35.8 Å². The molecule has 1 aromatic carbocycles. The molecule has 0 aliphatic heterocycles. The van der Waals surface area contributed by atoms with Gasteiger partial charge in [-0.3, -0.25) is 4.79 Å². The first-order valence-electron chi connectivity index (χ1n) is 6.78. The largest absolute Gasteiger partial charge is 0.409 e. The molecule has 0 saturated carbocycles. The summed E-state index contributed by atoms with van der Waals surface area (Å²) in [5.74, 6) is 0.0416. The second kappa shape index (κ2) is 7.53. The van der Waals surface area contributed by atoms with Gasteiger partial charge in [0.15, 0.2) is 5.84 Å². The minimum atomic E-state index is -0.00727. The van der Waals surface area contributed by atoms with Gasteiger partial charge in [0, 0.05) is 6.54 Å². The van der Waals surface area contributed by atoms with Crippen molar-refractivity contribution in [1.82, 2.24) is 4.90 Å². The summed E-state index contributed by atoms with van der Waals surface area (Å²) in [4.78, 5) is 14.0. The zero-order valence-electron chi connectivity index (χ0n) is 12.4. The van der Waals surface area contributed by atoms with Crippen molar-refractivity contribution in [2.75, 3.05) is 13.1 Å². The van der Waals surface area contributed by atoms with Gasteiger partial charge in [0.2, 0.25) is 5.91 Å². The number of amidine groups is 1. The number of aryl methyl sites for hydroxylation is 2. The highest BCUT2D eigenvalue weighted by atomic mass is 16.4. The average Bonchev–Trinajstić information content (AvgIpc) is 2.42. The molecule has 0 aliphatic rings. The monoisotopic (exact) mass is 277 g/mol. The van der Waals surface area contributed by atoms with Crippen LogP contribution in [0.4, 0.5) is 0 Å². The molecule has 1 aromatic rings. The highest BCUT2D eigenvalue weighted by molar-refractivity contribution is 5.87. The quantitative estimate of drug-likeness (QED) is 0.360. The molecular weight excluding hydrogens is 254 g/mol. The van der Waals surface area contributed by atoms with E-state index in [1.807, 2.05) is 39.0 Å². The van der Waals surface area contributed by atoms with Crippen molar-refractivity contribution in [1.29, 1.82) is 0 Å². The van der Waals surface area contributed by atoms with E-state index in [-0.39, 0.29) is 18.3 Å². The number of nitrogens with two attached hydrogens (primary N) is 1. The third-order valence-electron chi connectivity index (χ3n) is 3.17. The Morgan fingerprint density at radius 2 is 2.10 bits per heavy atom. The number of hydrogen-bond donors (Lipinski definition) is 2. The number of nitrogens with zero attached hydrogens (tertiary/aromatic N) is 2. The zero-order valence-corrected chi connectivity index (χ0v) is 12.4. The molecular formula is C15H23N3O2. The molecule has 0 aromatic heterocycles. The minimum absolute atomic E-state index is 0.00727. The Hall–Kier alpha value is -2.04. The Balaban J connectivity index is 2.82. The lowest BCUT2D eigenvalue weighted by molar-refractivity contribution is -0.129. The Bertz CT molecular complexity index is 498. The molecule has 5 heteroatoms. The van der Waals surface area contributed by atoms with E-state index in [0.717, 1.165) is 23.1 Å². The Morgan fingerprint density at radius 1 is 1.40 bits per heavy atom. The molecule has 0 aliphatic carbocycles. The SMILES string of the molecule is CCCN(CC(N)=NO)C(=O)Cc1cc(C)ccc1C. The van der Waals surface area contributed by atoms with Gasteiger partial charge in [-0.25, -0.2) is 0 Å². The molecule has 0 fully saturated rings. The summed E-state index contributed by atoms with van der Waals surface area (Å²) in [6.45, 7) is 6.75. The maximum absolute atomic E-state index is 12.4. The molecule has 0 atom stereocenters. The molecule has 3 N–H and O–H groups in total. The van der Waals surface area contributed by atoms with E-state index in [4.69, 9.17) is 10.9 Å². The molecule has 0 bridgehead atoms. The summed E-state index contributed by atoms with van der Waals surface area (Å²) >= 11 is 0. The van der Waals surface area contributed by atoms with E-state index in [9.17, 15) is 4.79 Å². The number of amides is 1. The van der Waals surface area contributed by atoms with Crippen molar-refractivity contribution in [3.63, 3.8) is 0 Å². The number of benzene rings is 1. The van der Waals surface area contributed by atoms with Crippen LogP contribution in [0.5, 0.6) is 0 Å². The van der Waals surface area contributed by atoms with Crippen molar-refractivity contribution in [2.24, 2.45) is 10.9 Å². The van der Waals surface area contributed by atoms with E-state index in [2.05, 4.69) is 5.16 Å². The first-order valence-corrected chi connectivity index (χ1v) is 6.78. The molecule has 0 saturated heterocycles. The fourth-order valence-electron chi connectivity index (χ4n) is 2.05. The van der Waals surface area contributed by atoms with E-state index < -0.39 is 0 Å². The summed E-state index contributed by atoms with van der Waals surface area (Å²) in [5, 5.41) is 11.6. The van der Waals surface area contributed by atoms with Crippen molar-refractivity contribution >= 4 is 11.7 Å². The first-order chi connectivity index (χ1) is 9.47. The fourth-order valence-corrected chi connectivity index (χ4v) is 2.05. The molecule has 110 valence electrons. The Kier molecular flexibility index (Phi) is 6.03. The lowest BCUT2D eigenvalue weighted by Crippen LogP contribution is -2.40. The van der Waals surface area contributed by atoms with Gasteiger partial charge in [0.05, 0.1) is 13.0 Å². The van der Waals surface area contributed by atoms with Crippen LogP contribution in [0, 0.1) is 13.8 Å². The second-order valence-corrected chi connectivity index (χ2v) is 5.01. The topological polar surface area (TPSA) is 78.9 Å². The van der Waals surface area contributed by atoms with Gasteiger partial charge in [-0.2, -0.15) is 0 Å². The Labute approximate surface area is 120 Å². The Morgan fingerprint density at radius 3 is 2.70 bits per heavy atom. The highest BCUT2D eigenvalue weighted by Crippen LogP contribution is 2.12. The van der Waals surface area contributed by atoms with Gasteiger partial charge in [-0.05, 0) is 31.4 Å². The number of rotatable bonds is 6. The highest BCUT2D eigenvalue weighted by Gasteiger charge is 2.15. The van der Waals surface area contributed by atoms with Crippen molar-refractivity contribution in [2.45, 2.75) is 33.6 Å². The van der Waals surface area contributed by atoms with Crippen LogP contribution in [-0.2, 0) is 11.2 Å². The average molecular weight is 277 g/mol. The molecule has 20 heavy (non-hydrogen) atoms. The maximum atomic E-state index is 12.4. The number of carbonyl (C=O) groups is 1. The zero-order chi connectivity index (χ0) is 15.1. The van der Waals surface area contributed by atoms with Crippen LogP contribution < -0.4 is 5.73 Å². The van der Waals surface area contributed by atoms with Crippen LogP contribution in [0.25, 0.3) is 0 Å². The van der Waals surface area contributed by atoms with Crippen LogP contribution in [0.15, 0.2) is 23.4 Å². The predicted molar refractivity (Wildman–Crippen MR) is 79.9 cm³/mol. The number of carbonyl (C=O) groups excluding carboxylic acids is 1. The van der Waals surface area contributed by atoms with E-state index in [1.54, 1.807) is 4.90 Å². The van der Waals surface area contributed by atoms with Crippen LogP contribution in [0.3, 0.4) is 0 Å². The van der Waals surface area contributed by atoms with Gasteiger partial charge in [0.1, 0.15) is 0 Å². The molecule has 0 spiro atoms. The standard InChI is InChI=1S/C15H23N3O2/c1-4-7-18(10-14(16)17-20)15(19)9-13-8-11(2)5-6-12(13)3/h5-6,8,20H,4,7,9-10H2,1-3H3,(H2,16,17). The van der Waals surface area contributed by atoms with Crippen molar-refractivity contribution < 1.29 is 10.0 Å². The summed E-state index contributed by atoms with van der Waals surface area (Å²) in [6.07, 6.45) is 1.17. The van der Waals surface area contributed by atoms with Crippen molar-refractivity contribution in [3.05, 3.63) is 34.9 Å². The number of hydrogen-bond acceptors (Lipinski definition) is 3. The summed E-state index contributed by atoms with van der Waals surface area (Å²) in [5.41, 5.74) is 8.76. The van der Waals surface area contributed by atoms with E-state index in [0.29, 0.717) is 13.0 Å². The van der Waals surface area contributed by atoms with Crippen LogP contribution in [0.2, 0.25) is 0 Å². The first kappa shape index (κ1) is 16.0. The molecule has 0 unspecified atom stereocenters. The fraction of sp³-hybridized carbons (Fsp3) is 0.467. The normalized spacial score (nSPS) is 11.4. The summed E-state index contributed by atoms with van der Waals surface area (Å²) in [7, 11) is 0. The smallest absolute Gasteiger partial charge is 0.227 e. The maximum Gasteiger partial charge on any atom is 0.227 e. The van der Waals surface area contributed by atoms with E-state index in [1.165, 1.54) is 0 Å². The lowest BCUT2D eigenvalue weighted by atomic mass is 10.0. The lowest BCUT2D eigenvalue weighted by Gasteiger charge is -2.22. The van der Waals surface area contributed by atoms with Crippen LogP contribution in [-0.4, -0.2) is 34.9 Å². The van der Waals surface area contributed by atoms with Gasteiger partial charge < -0.3 is 15.8 Å². The third kappa shape index (κ3) is 4.57. The molecule has 1 rings (SSSR count). The van der Waals surface area contributed by atoms with E-state index >= 15 is 0 Å². The number of oxime groups is 1. The second-order valence-electron chi connectivity index (χ2n) is 5.01. The van der Waals surface area contributed by atoms with Crippen molar-refractivity contribution in [3.8, 4) is 0 Å². The van der Waals surface area contributed by atoms with Gasteiger partial charge >= 0.3 is 0 Å². The predicted octanol–water partition coefficient (Wildman–Crippen LogP) is 1.83. The molecule has 1 amide bonds. The van der Waals surface area contributed by atoms with Gasteiger partial charge in [-0.15, -0.1) is 0 Å².